The van der Waals surface area contributed by atoms with Crippen molar-refractivity contribution in [1.29, 1.82) is 0 Å². The highest BCUT2D eigenvalue weighted by molar-refractivity contribution is 5.85. The van der Waals surface area contributed by atoms with Crippen LogP contribution in [0.25, 0.3) is 0 Å². The molecule has 19 heavy (non-hydrogen) atoms. The molecule has 3 unspecified atom stereocenters. The van der Waals surface area contributed by atoms with Crippen molar-refractivity contribution in [3.8, 4) is 0 Å². The van der Waals surface area contributed by atoms with Crippen LogP contribution in [0, 0.1) is 0 Å². The topological polar surface area (TPSA) is 41.6 Å². The molecule has 2 aliphatic rings. The SMILES string of the molecule is CCN(C(=O)C(C)(CC)OC)C1CC2CCC(C1)N2. The summed E-state index contributed by atoms with van der Waals surface area (Å²) in [5.41, 5.74) is -0.667. The first-order chi connectivity index (χ1) is 9.04. The Morgan fingerprint density at radius 2 is 1.89 bits per heavy atom. The van der Waals surface area contributed by atoms with Crippen molar-refractivity contribution >= 4 is 5.91 Å². The minimum absolute atomic E-state index is 0.159. The van der Waals surface area contributed by atoms with Gasteiger partial charge in [0.1, 0.15) is 5.60 Å². The van der Waals surface area contributed by atoms with Gasteiger partial charge in [-0.3, -0.25) is 4.79 Å². The maximum Gasteiger partial charge on any atom is 0.254 e. The van der Waals surface area contributed by atoms with Crippen LogP contribution < -0.4 is 5.32 Å². The fourth-order valence-corrected chi connectivity index (χ4v) is 3.54. The Hall–Kier alpha value is -0.610. The highest BCUT2D eigenvalue weighted by atomic mass is 16.5. The Kier molecular flexibility index (Phi) is 4.51. The summed E-state index contributed by atoms with van der Waals surface area (Å²) >= 11 is 0. The number of amides is 1. The minimum Gasteiger partial charge on any atom is -0.369 e. The van der Waals surface area contributed by atoms with Gasteiger partial charge in [-0.2, -0.15) is 0 Å². The number of hydrogen-bond acceptors (Lipinski definition) is 3. The lowest BCUT2D eigenvalue weighted by Gasteiger charge is -2.41. The number of carbonyl (C=O) groups excluding carboxylic acids is 1. The van der Waals surface area contributed by atoms with Crippen LogP contribution in [-0.2, 0) is 9.53 Å². The largest absolute Gasteiger partial charge is 0.369 e. The van der Waals surface area contributed by atoms with Gasteiger partial charge >= 0.3 is 0 Å². The molecule has 2 aliphatic heterocycles. The van der Waals surface area contributed by atoms with E-state index >= 15 is 0 Å². The van der Waals surface area contributed by atoms with Crippen LogP contribution in [0.1, 0.15) is 52.9 Å². The molecule has 2 bridgehead atoms. The third-order valence-electron chi connectivity index (χ3n) is 5.07. The molecule has 4 nitrogen and oxygen atoms in total. The second-order valence-corrected chi connectivity index (χ2v) is 6.14. The van der Waals surface area contributed by atoms with Crippen LogP contribution >= 0.6 is 0 Å². The van der Waals surface area contributed by atoms with Gasteiger partial charge in [0.25, 0.3) is 5.91 Å². The molecule has 0 saturated carbocycles. The van der Waals surface area contributed by atoms with Crippen molar-refractivity contribution in [2.24, 2.45) is 0 Å². The van der Waals surface area contributed by atoms with E-state index in [-0.39, 0.29) is 5.91 Å². The first-order valence-electron chi connectivity index (χ1n) is 7.66. The molecule has 2 heterocycles. The van der Waals surface area contributed by atoms with Gasteiger partial charge in [-0.05, 0) is 46.0 Å². The van der Waals surface area contributed by atoms with E-state index in [0.717, 1.165) is 25.8 Å². The predicted octanol–water partition coefficient (Wildman–Crippen LogP) is 1.93. The second kappa shape index (κ2) is 5.80. The van der Waals surface area contributed by atoms with E-state index in [9.17, 15) is 4.79 Å². The van der Waals surface area contributed by atoms with Gasteiger partial charge in [0, 0.05) is 31.8 Å². The molecule has 1 amide bonds. The lowest BCUT2D eigenvalue weighted by molar-refractivity contribution is -0.156. The van der Waals surface area contributed by atoms with Gasteiger partial charge in [0.05, 0.1) is 0 Å². The standard InChI is InChI=1S/C15H28N2O2/c1-5-15(3,19-4)14(18)17(6-2)13-9-11-7-8-12(10-13)16-11/h11-13,16H,5-10H2,1-4H3. The molecule has 0 radical (unpaired) electrons. The van der Waals surface area contributed by atoms with Crippen LogP contribution in [0.15, 0.2) is 0 Å². The number of piperidine rings is 1. The number of ether oxygens (including phenoxy) is 1. The lowest BCUT2D eigenvalue weighted by atomic mass is 9.94. The van der Waals surface area contributed by atoms with Crippen LogP contribution in [0.4, 0.5) is 0 Å². The van der Waals surface area contributed by atoms with Crippen molar-refractivity contribution in [2.45, 2.75) is 76.6 Å². The number of hydrogen-bond donors (Lipinski definition) is 1. The number of methoxy groups -OCH3 is 1. The molecule has 110 valence electrons. The third kappa shape index (κ3) is 2.79. The lowest BCUT2D eigenvalue weighted by Crippen LogP contribution is -2.56. The number of rotatable bonds is 5. The minimum atomic E-state index is -0.667. The molecular formula is C15H28N2O2. The van der Waals surface area contributed by atoms with E-state index < -0.39 is 5.60 Å². The van der Waals surface area contributed by atoms with E-state index in [2.05, 4.69) is 17.1 Å². The molecule has 2 saturated heterocycles. The highest BCUT2D eigenvalue weighted by Gasteiger charge is 2.41. The maximum absolute atomic E-state index is 12.8. The van der Waals surface area contributed by atoms with Gasteiger partial charge in [-0.15, -0.1) is 0 Å². The molecule has 0 aromatic carbocycles. The molecule has 0 aliphatic carbocycles. The molecule has 1 N–H and O–H groups in total. The smallest absolute Gasteiger partial charge is 0.254 e. The van der Waals surface area contributed by atoms with E-state index in [0.29, 0.717) is 18.1 Å². The highest BCUT2D eigenvalue weighted by Crippen LogP contribution is 2.31. The van der Waals surface area contributed by atoms with Gasteiger partial charge in [-0.25, -0.2) is 0 Å². The van der Waals surface area contributed by atoms with Gasteiger partial charge in [0.2, 0.25) is 0 Å². The Balaban J connectivity index is 2.09. The molecule has 3 atom stereocenters. The van der Waals surface area contributed by atoms with Crippen molar-refractivity contribution in [2.75, 3.05) is 13.7 Å². The van der Waals surface area contributed by atoms with E-state index in [1.54, 1.807) is 7.11 Å². The number of carbonyl (C=O) groups is 1. The zero-order valence-electron chi connectivity index (χ0n) is 12.7. The number of fused-ring (bicyclic) bond motifs is 2. The monoisotopic (exact) mass is 268 g/mol. The molecule has 0 aromatic heterocycles. The molecular weight excluding hydrogens is 240 g/mol. The van der Waals surface area contributed by atoms with E-state index in [1.807, 2.05) is 13.8 Å². The summed E-state index contributed by atoms with van der Waals surface area (Å²) in [4.78, 5) is 14.8. The average molecular weight is 268 g/mol. The number of nitrogens with one attached hydrogen (secondary N) is 1. The molecule has 4 heteroatoms. The Morgan fingerprint density at radius 1 is 1.32 bits per heavy atom. The van der Waals surface area contributed by atoms with E-state index in [4.69, 9.17) is 4.74 Å². The number of likely N-dealkylation sites (N-methyl/N-ethyl adjacent to an activating group) is 1. The summed E-state index contributed by atoms with van der Waals surface area (Å²) in [6.45, 7) is 6.78. The molecule has 0 spiro atoms. The van der Waals surface area contributed by atoms with Gasteiger partial charge in [0.15, 0.2) is 0 Å². The summed E-state index contributed by atoms with van der Waals surface area (Å²) in [5.74, 6) is 0.159. The summed E-state index contributed by atoms with van der Waals surface area (Å²) in [6, 6.07) is 1.61. The Bertz CT molecular complexity index is 316. The van der Waals surface area contributed by atoms with Crippen LogP contribution in [0.5, 0.6) is 0 Å². The first-order valence-corrected chi connectivity index (χ1v) is 7.66. The molecule has 2 fully saturated rings. The predicted molar refractivity (Wildman–Crippen MR) is 76.1 cm³/mol. The van der Waals surface area contributed by atoms with Crippen LogP contribution in [0.3, 0.4) is 0 Å². The quantitative estimate of drug-likeness (QED) is 0.828. The van der Waals surface area contributed by atoms with Gasteiger partial charge in [-0.1, -0.05) is 6.92 Å². The fraction of sp³-hybridized carbons (Fsp3) is 0.933. The van der Waals surface area contributed by atoms with Crippen molar-refractivity contribution in [3.05, 3.63) is 0 Å². The van der Waals surface area contributed by atoms with Gasteiger partial charge < -0.3 is 15.0 Å². The van der Waals surface area contributed by atoms with E-state index in [1.165, 1.54) is 12.8 Å². The maximum atomic E-state index is 12.8. The Morgan fingerprint density at radius 3 is 2.32 bits per heavy atom. The zero-order valence-corrected chi connectivity index (χ0v) is 12.7. The normalized spacial score (nSPS) is 32.9. The van der Waals surface area contributed by atoms with Crippen molar-refractivity contribution in [3.63, 3.8) is 0 Å². The molecule has 2 rings (SSSR count). The zero-order chi connectivity index (χ0) is 14.0. The summed E-state index contributed by atoms with van der Waals surface area (Å²) in [5, 5.41) is 3.64. The second-order valence-electron chi connectivity index (χ2n) is 6.14. The Labute approximate surface area is 116 Å². The summed E-state index contributed by atoms with van der Waals surface area (Å²) in [6.07, 6.45) is 5.44. The number of nitrogens with zero attached hydrogens (tertiary/aromatic N) is 1. The van der Waals surface area contributed by atoms with Crippen molar-refractivity contribution < 1.29 is 9.53 Å². The first kappa shape index (κ1) is 14.8. The van der Waals surface area contributed by atoms with Crippen LogP contribution in [0.2, 0.25) is 0 Å². The molecule has 0 aromatic rings. The average Bonchev–Trinajstić information content (AvgIpc) is 2.77. The van der Waals surface area contributed by atoms with Crippen LogP contribution in [-0.4, -0.2) is 48.2 Å². The third-order valence-corrected chi connectivity index (χ3v) is 5.07. The van der Waals surface area contributed by atoms with Crippen molar-refractivity contribution in [1.82, 2.24) is 10.2 Å². The fourth-order valence-electron chi connectivity index (χ4n) is 3.54. The summed E-state index contributed by atoms with van der Waals surface area (Å²) < 4.78 is 5.48. The summed E-state index contributed by atoms with van der Waals surface area (Å²) in [7, 11) is 1.64.